The van der Waals surface area contributed by atoms with E-state index in [-0.39, 0.29) is 12.5 Å². The number of ether oxygens (including phenoxy) is 2. The molecule has 0 aliphatic carbocycles. The van der Waals surface area contributed by atoms with Gasteiger partial charge in [-0.1, -0.05) is 12.8 Å². The van der Waals surface area contributed by atoms with Gasteiger partial charge < -0.3 is 14.4 Å². The van der Waals surface area contributed by atoms with Crippen molar-refractivity contribution in [1.82, 2.24) is 9.80 Å². The summed E-state index contributed by atoms with van der Waals surface area (Å²) in [6, 6.07) is 0.566. The molecule has 0 aromatic carbocycles. The minimum Gasteiger partial charge on any atom is -0.382 e. The van der Waals surface area contributed by atoms with Gasteiger partial charge in [-0.3, -0.25) is 9.69 Å². The van der Waals surface area contributed by atoms with Gasteiger partial charge in [-0.05, 0) is 33.6 Å². The molecular formula is C17H34N2O3. The van der Waals surface area contributed by atoms with Crippen LogP contribution in [-0.2, 0) is 14.3 Å². The SMILES string of the molecule is CCOCCCCCCOCC(=O)N1CCN(C(C)C)CC1. The molecule has 1 rings (SSSR count). The molecule has 1 saturated heterocycles. The molecule has 0 radical (unpaired) electrons. The quantitative estimate of drug-likeness (QED) is 0.548. The number of carbonyl (C=O) groups is 1. The Labute approximate surface area is 135 Å². The van der Waals surface area contributed by atoms with Gasteiger partial charge in [0.25, 0.3) is 0 Å². The van der Waals surface area contributed by atoms with Crippen LogP contribution in [0.2, 0.25) is 0 Å². The average molecular weight is 314 g/mol. The number of hydrogen-bond acceptors (Lipinski definition) is 4. The van der Waals surface area contributed by atoms with Gasteiger partial charge in [-0.15, -0.1) is 0 Å². The first kappa shape index (κ1) is 19.4. The smallest absolute Gasteiger partial charge is 0.248 e. The number of nitrogens with zero attached hydrogens (tertiary/aromatic N) is 2. The fourth-order valence-corrected chi connectivity index (χ4v) is 2.64. The molecule has 5 heteroatoms. The van der Waals surface area contributed by atoms with Gasteiger partial charge in [0.15, 0.2) is 0 Å². The summed E-state index contributed by atoms with van der Waals surface area (Å²) in [7, 11) is 0. The van der Waals surface area contributed by atoms with Crippen LogP contribution in [0.1, 0.15) is 46.5 Å². The van der Waals surface area contributed by atoms with E-state index in [1.807, 2.05) is 11.8 Å². The van der Waals surface area contributed by atoms with Crippen LogP contribution in [-0.4, -0.2) is 74.4 Å². The Balaban J connectivity index is 1.96. The highest BCUT2D eigenvalue weighted by Crippen LogP contribution is 2.06. The molecule has 1 amide bonds. The topological polar surface area (TPSA) is 42.0 Å². The third kappa shape index (κ3) is 8.11. The molecule has 0 N–H and O–H groups in total. The first-order valence-electron chi connectivity index (χ1n) is 8.82. The maximum Gasteiger partial charge on any atom is 0.248 e. The Hall–Kier alpha value is -0.650. The van der Waals surface area contributed by atoms with Crippen molar-refractivity contribution in [3.63, 3.8) is 0 Å². The second-order valence-corrected chi connectivity index (χ2v) is 6.17. The molecule has 0 atom stereocenters. The van der Waals surface area contributed by atoms with E-state index >= 15 is 0 Å². The highest BCUT2D eigenvalue weighted by atomic mass is 16.5. The first-order chi connectivity index (χ1) is 10.6. The lowest BCUT2D eigenvalue weighted by atomic mass is 10.2. The molecule has 5 nitrogen and oxygen atoms in total. The second kappa shape index (κ2) is 11.9. The molecule has 22 heavy (non-hydrogen) atoms. The molecule has 0 aromatic rings. The van der Waals surface area contributed by atoms with Crippen molar-refractivity contribution in [3.8, 4) is 0 Å². The molecular weight excluding hydrogens is 280 g/mol. The lowest BCUT2D eigenvalue weighted by Crippen LogP contribution is -2.51. The lowest BCUT2D eigenvalue weighted by molar-refractivity contribution is -0.138. The Morgan fingerprint density at radius 3 is 2.09 bits per heavy atom. The normalized spacial score (nSPS) is 16.5. The van der Waals surface area contributed by atoms with Crippen LogP contribution >= 0.6 is 0 Å². The summed E-state index contributed by atoms with van der Waals surface area (Å²) in [4.78, 5) is 16.4. The van der Waals surface area contributed by atoms with Gasteiger partial charge in [0.1, 0.15) is 6.61 Å². The van der Waals surface area contributed by atoms with Crippen molar-refractivity contribution in [2.75, 3.05) is 52.6 Å². The van der Waals surface area contributed by atoms with Crippen molar-refractivity contribution >= 4 is 5.91 Å². The van der Waals surface area contributed by atoms with Gasteiger partial charge in [0.05, 0.1) is 0 Å². The Bertz CT molecular complexity index is 290. The predicted molar refractivity (Wildman–Crippen MR) is 89.1 cm³/mol. The van der Waals surface area contributed by atoms with Crippen LogP contribution in [0.5, 0.6) is 0 Å². The van der Waals surface area contributed by atoms with Crippen LogP contribution in [0.25, 0.3) is 0 Å². The fourth-order valence-electron chi connectivity index (χ4n) is 2.64. The standard InChI is InChI=1S/C17H34N2O3/c1-4-21-13-7-5-6-8-14-22-15-17(20)19-11-9-18(10-12-19)16(2)3/h16H,4-15H2,1-3H3. The number of amides is 1. The van der Waals surface area contributed by atoms with E-state index < -0.39 is 0 Å². The zero-order valence-corrected chi connectivity index (χ0v) is 14.7. The van der Waals surface area contributed by atoms with E-state index in [1.165, 1.54) is 6.42 Å². The highest BCUT2D eigenvalue weighted by molar-refractivity contribution is 5.77. The van der Waals surface area contributed by atoms with Crippen molar-refractivity contribution in [2.45, 2.75) is 52.5 Å². The van der Waals surface area contributed by atoms with Crippen LogP contribution < -0.4 is 0 Å². The summed E-state index contributed by atoms with van der Waals surface area (Å²) in [5, 5.41) is 0. The Kier molecular flexibility index (Phi) is 10.5. The van der Waals surface area contributed by atoms with Crippen LogP contribution in [0.4, 0.5) is 0 Å². The summed E-state index contributed by atoms with van der Waals surface area (Å²) in [6.45, 7) is 12.6. The molecule has 0 saturated carbocycles. The van der Waals surface area contributed by atoms with Crippen molar-refractivity contribution in [3.05, 3.63) is 0 Å². The summed E-state index contributed by atoms with van der Waals surface area (Å²) in [5.41, 5.74) is 0. The molecule has 130 valence electrons. The number of hydrogen-bond donors (Lipinski definition) is 0. The minimum absolute atomic E-state index is 0.139. The average Bonchev–Trinajstić information content (AvgIpc) is 2.53. The summed E-state index contributed by atoms with van der Waals surface area (Å²) >= 11 is 0. The number of piperazine rings is 1. The molecule has 0 aromatic heterocycles. The maximum absolute atomic E-state index is 12.0. The van der Waals surface area contributed by atoms with E-state index in [2.05, 4.69) is 18.7 Å². The third-order valence-corrected chi connectivity index (χ3v) is 4.15. The van der Waals surface area contributed by atoms with Gasteiger partial charge >= 0.3 is 0 Å². The first-order valence-corrected chi connectivity index (χ1v) is 8.82. The maximum atomic E-state index is 12.0. The summed E-state index contributed by atoms with van der Waals surface area (Å²) in [6.07, 6.45) is 4.47. The van der Waals surface area contributed by atoms with Crippen molar-refractivity contribution in [2.24, 2.45) is 0 Å². The third-order valence-electron chi connectivity index (χ3n) is 4.15. The molecule has 1 heterocycles. The Morgan fingerprint density at radius 2 is 1.55 bits per heavy atom. The van der Waals surface area contributed by atoms with Crippen LogP contribution in [0.3, 0.4) is 0 Å². The molecule has 1 fully saturated rings. The number of rotatable bonds is 11. The van der Waals surface area contributed by atoms with E-state index in [0.717, 1.165) is 58.7 Å². The monoisotopic (exact) mass is 314 g/mol. The van der Waals surface area contributed by atoms with Crippen molar-refractivity contribution in [1.29, 1.82) is 0 Å². The predicted octanol–water partition coefficient (Wildman–Crippen LogP) is 2.15. The highest BCUT2D eigenvalue weighted by Gasteiger charge is 2.22. The van der Waals surface area contributed by atoms with Gasteiger partial charge in [-0.25, -0.2) is 0 Å². The van der Waals surface area contributed by atoms with E-state index in [0.29, 0.717) is 12.6 Å². The summed E-state index contributed by atoms with van der Waals surface area (Å²) < 4.78 is 10.8. The minimum atomic E-state index is 0.139. The lowest BCUT2D eigenvalue weighted by Gasteiger charge is -2.36. The number of carbonyl (C=O) groups excluding carboxylic acids is 1. The molecule has 1 aliphatic rings. The van der Waals surface area contributed by atoms with E-state index in [1.54, 1.807) is 0 Å². The van der Waals surface area contributed by atoms with Crippen LogP contribution in [0, 0.1) is 0 Å². The Morgan fingerprint density at radius 1 is 0.955 bits per heavy atom. The molecule has 0 unspecified atom stereocenters. The van der Waals surface area contributed by atoms with Crippen molar-refractivity contribution < 1.29 is 14.3 Å². The van der Waals surface area contributed by atoms with Crippen LogP contribution in [0.15, 0.2) is 0 Å². The largest absolute Gasteiger partial charge is 0.382 e. The summed E-state index contributed by atoms with van der Waals surface area (Å²) in [5.74, 6) is 0.139. The van der Waals surface area contributed by atoms with Gasteiger partial charge in [-0.2, -0.15) is 0 Å². The van der Waals surface area contributed by atoms with E-state index in [4.69, 9.17) is 9.47 Å². The van der Waals surface area contributed by atoms with Gasteiger partial charge in [0.2, 0.25) is 5.91 Å². The molecule has 0 bridgehead atoms. The number of unbranched alkanes of at least 4 members (excludes halogenated alkanes) is 3. The van der Waals surface area contributed by atoms with Gasteiger partial charge in [0, 0.05) is 52.0 Å². The zero-order chi connectivity index (χ0) is 16.2. The van der Waals surface area contributed by atoms with E-state index in [9.17, 15) is 4.79 Å². The fraction of sp³-hybridized carbons (Fsp3) is 0.941. The molecule has 1 aliphatic heterocycles. The second-order valence-electron chi connectivity index (χ2n) is 6.17. The molecule has 0 spiro atoms. The zero-order valence-electron chi connectivity index (χ0n) is 14.7.